The van der Waals surface area contributed by atoms with E-state index in [0.29, 0.717) is 24.4 Å². The Kier molecular flexibility index (Phi) is 5.12. The van der Waals surface area contributed by atoms with Crippen molar-refractivity contribution in [2.24, 2.45) is 5.92 Å². The van der Waals surface area contributed by atoms with Crippen LogP contribution in [0.5, 0.6) is 5.75 Å². The van der Waals surface area contributed by atoms with Gasteiger partial charge in [0.2, 0.25) is 0 Å². The summed E-state index contributed by atoms with van der Waals surface area (Å²) in [7, 11) is 0. The van der Waals surface area contributed by atoms with Gasteiger partial charge in [-0.3, -0.25) is 0 Å². The molecule has 1 atom stereocenters. The van der Waals surface area contributed by atoms with Crippen LogP contribution in [0.25, 0.3) is 0 Å². The molecule has 6 heteroatoms. The normalized spacial score (nSPS) is 18.1. The van der Waals surface area contributed by atoms with Gasteiger partial charge in [-0.2, -0.15) is 0 Å². The van der Waals surface area contributed by atoms with E-state index in [-0.39, 0.29) is 6.61 Å². The molecule has 1 aromatic rings. The van der Waals surface area contributed by atoms with E-state index < -0.39 is 29.5 Å². The van der Waals surface area contributed by atoms with E-state index in [1.165, 1.54) is 12.1 Å². The monoisotopic (exact) mass is 299 g/mol. The van der Waals surface area contributed by atoms with Gasteiger partial charge >= 0.3 is 5.97 Å². The number of cyclic esters (lactones) is 1. The third kappa shape index (κ3) is 4.14. The molecule has 0 bridgehead atoms. The van der Waals surface area contributed by atoms with Crippen molar-refractivity contribution in [3.8, 4) is 5.75 Å². The SMILES string of the molecule is CC(C)CNCc1cc(F)c(OC2CCOC2=O)c(F)c1. The van der Waals surface area contributed by atoms with E-state index >= 15 is 0 Å². The molecule has 1 saturated heterocycles. The number of nitrogens with one attached hydrogen (secondary N) is 1. The average molecular weight is 299 g/mol. The third-order valence-corrected chi connectivity index (χ3v) is 3.09. The van der Waals surface area contributed by atoms with Crippen molar-refractivity contribution in [1.29, 1.82) is 0 Å². The van der Waals surface area contributed by atoms with Gasteiger partial charge in [-0.25, -0.2) is 13.6 Å². The van der Waals surface area contributed by atoms with Crippen LogP contribution in [0.2, 0.25) is 0 Å². The average Bonchev–Trinajstić information content (AvgIpc) is 2.79. The maximum Gasteiger partial charge on any atom is 0.347 e. The molecule has 1 heterocycles. The van der Waals surface area contributed by atoms with Gasteiger partial charge in [0.05, 0.1) is 6.61 Å². The predicted octanol–water partition coefficient (Wildman–Crippen LogP) is 2.40. The van der Waals surface area contributed by atoms with Crippen LogP contribution in [-0.2, 0) is 16.1 Å². The van der Waals surface area contributed by atoms with E-state index in [1.54, 1.807) is 0 Å². The Bertz CT molecular complexity index is 497. The Hall–Kier alpha value is -1.69. The summed E-state index contributed by atoms with van der Waals surface area (Å²) in [5, 5.41) is 3.11. The fourth-order valence-corrected chi connectivity index (χ4v) is 2.06. The zero-order chi connectivity index (χ0) is 15.4. The molecule has 0 amide bonds. The van der Waals surface area contributed by atoms with Crippen molar-refractivity contribution in [1.82, 2.24) is 5.32 Å². The molecule has 1 aliphatic heterocycles. The fourth-order valence-electron chi connectivity index (χ4n) is 2.06. The van der Waals surface area contributed by atoms with Crippen molar-refractivity contribution >= 4 is 5.97 Å². The lowest BCUT2D eigenvalue weighted by Crippen LogP contribution is -2.23. The van der Waals surface area contributed by atoms with Crippen molar-refractivity contribution < 1.29 is 23.0 Å². The minimum absolute atomic E-state index is 0.212. The molecule has 0 aliphatic carbocycles. The minimum Gasteiger partial charge on any atom is -0.472 e. The highest BCUT2D eigenvalue weighted by molar-refractivity contribution is 5.76. The number of hydrogen-bond donors (Lipinski definition) is 1. The van der Waals surface area contributed by atoms with Gasteiger partial charge in [-0.05, 0) is 30.2 Å². The third-order valence-electron chi connectivity index (χ3n) is 3.09. The molecule has 0 aromatic heterocycles. The van der Waals surface area contributed by atoms with Crippen molar-refractivity contribution in [2.45, 2.75) is 32.9 Å². The number of carbonyl (C=O) groups is 1. The molecular weight excluding hydrogens is 280 g/mol. The highest BCUT2D eigenvalue weighted by atomic mass is 19.1. The van der Waals surface area contributed by atoms with E-state index in [4.69, 9.17) is 9.47 Å². The molecule has 21 heavy (non-hydrogen) atoms. The van der Waals surface area contributed by atoms with Gasteiger partial charge in [-0.15, -0.1) is 0 Å². The lowest BCUT2D eigenvalue weighted by molar-refractivity contribution is -0.143. The summed E-state index contributed by atoms with van der Waals surface area (Å²) in [6.45, 7) is 5.44. The quantitative estimate of drug-likeness (QED) is 0.820. The summed E-state index contributed by atoms with van der Waals surface area (Å²) in [5.74, 6) is -2.27. The summed E-state index contributed by atoms with van der Waals surface area (Å²) in [6.07, 6.45) is -0.631. The second kappa shape index (κ2) is 6.85. The highest BCUT2D eigenvalue weighted by Gasteiger charge is 2.30. The zero-order valence-corrected chi connectivity index (χ0v) is 12.1. The molecule has 0 saturated carbocycles. The number of carbonyl (C=O) groups excluding carboxylic acids is 1. The van der Waals surface area contributed by atoms with Gasteiger partial charge in [0.1, 0.15) is 0 Å². The number of ether oxygens (including phenoxy) is 2. The lowest BCUT2D eigenvalue weighted by Gasteiger charge is -2.13. The summed E-state index contributed by atoms with van der Waals surface area (Å²) in [4.78, 5) is 11.3. The summed E-state index contributed by atoms with van der Waals surface area (Å²) < 4.78 is 37.7. The largest absolute Gasteiger partial charge is 0.472 e. The molecule has 116 valence electrons. The molecule has 2 rings (SSSR count). The lowest BCUT2D eigenvalue weighted by atomic mass is 10.1. The topological polar surface area (TPSA) is 47.6 Å². The maximum absolute atomic E-state index is 13.9. The highest BCUT2D eigenvalue weighted by Crippen LogP contribution is 2.26. The summed E-state index contributed by atoms with van der Waals surface area (Å²) >= 11 is 0. The van der Waals surface area contributed by atoms with Gasteiger partial charge in [0, 0.05) is 13.0 Å². The van der Waals surface area contributed by atoms with E-state index in [2.05, 4.69) is 5.32 Å². The smallest absolute Gasteiger partial charge is 0.347 e. The van der Waals surface area contributed by atoms with Crippen LogP contribution < -0.4 is 10.1 Å². The van der Waals surface area contributed by atoms with E-state index in [1.807, 2.05) is 13.8 Å². The number of hydrogen-bond acceptors (Lipinski definition) is 4. The maximum atomic E-state index is 13.9. The first-order valence-electron chi connectivity index (χ1n) is 6.99. The van der Waals surface area contributed by atoms with Crippen LogP contribution >= 0.6 is 0 Å². The van der Waals surface area contributed by atoms with Gasteiger partial charge in [-0.1, -0.05) is 13.8 Å². The molecule has 1 aromatic carbocycles. The minimum atomic E-state index is -0.932. The standard InChI is InChI=1S/C15H19F2NO3/c1-9(2)7-18-8-10-5-11(16)14(12(17)6-10)21-13-3-4-20-15(13)19/h5-6,9,13,18H,3-4,7-8H2,1-2H3. The van der Waals surface area contributed by atoms with Crippen LogP contribution in [0.15, 0.2) is 12.1 Å². The number of esters is 1. The molecule has 1 fully saturated rings. The summed E-state index contributed by atoms with van der Waals surface area (Å²) in [6, 6.07) is 2.43. The van der Waals surface area contributed by atoms with Gasteiger partial charge < -0.3 is 14.8 Å². The Morgan fingerprint density at radius 2 is 2.05 bits per heavy atom. The van der Waals surface area contributed by atoms with Gasteiger partial charge in [0.25, 0.3) is 0 Å². The van der Waals surface area contributed by atoms with E-state index in [0.717, 1.165) is 6.54 Å². The molecule has 0 spiro atoms. The van der Waals surface area contributed by atoms with Crippen molar-refractivity contribution in [3.05, 3.63) is 29.3 Å². The first kappa shape index (κ1) is 15.7. The predicted molar refractivity (Wildman–Crippen MR) is 72.9 cm³/mol. The van der Waals surface area contributed by atoms with Crippen molar-refractivity contribution in [3.63, 3.8) is 0 Å². The Morgan fingerprint density at radius 3 is 2.57 bits per heavy atom. The molecule has 0 radical (unpaired) electrons. The number of halogens is 2. The van der Waals surface area contributed by atoms with Crippen LogP contribution in [0, 0.1) is 17.6 Å². The molecule has 4 nitrogen and oxygen atoms in total. The number of benzene rings is 1. The van der Waals surface area contributed by atoms with E-state index in [9.17, 15) is 13.6 Å². The van der Waals surface area contributed by atoms with Gasteiger partial charge in [0.15, 0.2) is 23.5 Å². The Labute approximate surface area is 122 Å². The Morgan fingerprint density at radius 1 is 1.38 bits per heavy atom. The van der Waals surface area contributed by atoms with Crippen LogP contribution in [-0.4, -0.2) is 25.2 Å². The second-order valence-corrected chi connectivity index (χ2v) is 5.48. The Balaban J connectivity index is 2.04. The number of rotatable bonds is 6. The molecule has 1 aliphatic rings. The first-order valence-corrected chi connectivity index (χ1v) is 6.99. The summed E-state index contributed by atoms with van der Waals surface area (Å²) in [5.41, 5.74) is 0.493. The molecule has 1 unspecified atom stereocenters. The second-order valence-electron chi connectivity index (χ2n) is 5.48. The van der Waals surface area contributed by atoms with Crippen LogP contribution in [0.3, 0.4) is 0 Å². The molecule has 1 N–H and O–H groups in total. The zero-order valence-electron chi connectivity index (χ0n) is 12.1. The fraction of sp³-hybridized carbons (Fsp3) is 0.533. The first-order chi connectivity index (χ1) is 9.97. The van der Waals surface area contributed by atoms with Crippen molar-refractivity contribution in [2.75, 3.05) is 13.2 Å². The van der Waals surface area contributed by atoms with Crippen LogP contribution in [0.4, 0.5) is 8.78 Å². The molecular formula is C15H19F2NO3. The van der Waals surface area contributed by atoms with Crippen LogP contribution in [0.1, 0.15) is 25.8 Å².